The highest BCUT2D eigenvalue weighted by Crippen LogP contribution is 2.32. The smallest absolute Gasteiger partial charge is 0.383 e. The topological polar surface area (TPSA) is 64.4 Å². The molecule has 2 rings (SSSR count). The van der Waals surface area contributed by atoms with Crippen molar-refractivity contribution in [3.05, 3.63) is 63.6 Å². The summed E-state index contributed by atoms with van der Waals surface area (Å²) in [5.41, 5.74) is -1.25. The molecule has 0 aliphatic carbocycles. The zero-order valence-electron chi connectivity index (χ0n) is 14.3. The minimum absolute atomic E-state index is 0.0245. The van der Waals surface area contributed by atoms with Crippen LogP contribution in [0.25, 0.3) is 0 Å². The Balaban J connectivity index is 2.22. The SMILES string of the molecule is COCCn1nc(C(=O)N(C)Cc2ccccc2C(F)(F)F)ccc1=O. The van der Waals surface area contributed by atoms with E-state index in [0.29, 0.717) is 0 Å². The van der Waals surface area contributed by atoms with E-state index < -0.39 is 23.2 Å². The molecule has 0 saturated carbocycles. The molecule has 0 bridgehead atoms. The van der Waals surface area contributed by atoms with Gasteiger partial charge in [0.1, 0.15) is 5.69 Å². The van der Waals surface area contributed by atoms with E-state index in [0.717, 1.165) is 15.6 Å². The van der Waals surface area contributed by atoms with E-state index in [2.05, 4.69) is 5.10 Å². The van der Waals surface area contributed by atoms with Crippen LogP contribution in [-0.2, 0) is 24.0 Å². The summed E-state index contributed by atoms with van der Waals surface area (Å²) >= 11 is 0. The molecule has 0 radical (unpaired) electrons. The maximum Gasteiger partial charge on any atom is 0.416 e. The molecule has 9 heteroatoms. The largest absolute Gasteiger partial charge is 0.416 e. The van der Waals surface area contributed by atoms with Crippen molar-refractivity contribution in [2.45, 2.75) is 19.3 Å². The van der Waals surface area contributed by atoms with Gasteiger partial charge < -0.3 is 9.64 Å². The highest BCUT2D eigenvalue weighted by Gasteiger charge is 2.33. The number of carbonyl (C=O) groups is 1. The van der Waals surface area contributed by atoms with Crippen molar-refractivity contribution >= 4 is 5.91 Å². The summed E-state index contributed by atoms with van der Waals surface area (Å²) < 4.78 is 45.2. The third kappa shape index (κ3) is 4.69. The number of amides is 1. The first-order valence-electron chi connectivity index (χ1n) is 7.71. The Morgan fingerprint density at radius 3 is 2.58 bits per heavy atom. The fourth-order valence-electron chi connectivity index (χ4n) is 2.36. The predicted molar refractivity (Wildman–Crippen MR) is 87.6 cm³/mol. The molecule has 0 aliphatic heterocycles. The van der Waals surface area contributed by atoms with Crippen LogP contribution < -0.4 is 5.56 Å². The van der Waals surface area contributed by atoms with E-state index >= 15 is 0 Å². The summed E-state index contributed by atoms with van der Waals surface area (Å²) in [6.07, 6.45) is -4.51. The number of aromatic nitrogens is 2. The first-order valence-corrected chi connectivity index (χ1v) is 7.71. The van der Waals surface area contributed by atoms with Gasteiger partial charge in [0.05, 0.1) is 18.7 Å². The van der Waals surface area contributed by atoms with Crippen LogP contribution in [-0.4, -0.2) is 41.4 Å². The van der Waals surface area contributed by atoms with Crippen molar-refractivity contribution in [2.24, 2.45) is 0 Å². The van der Waals surface area contributed by atoms with Gasteiger partial charge in [-0.2, -0.15) is 18.3 Å². The van der Waals surface area contributed by atoms with Crippen LogP contribution in [0.3, 0.4) is 0 Å². The minimum Gasteiger partial charge on any atom is -0.383 e. The second-order valence-electron chi connectivity index (χ2n) is 5.59. The molecular weight excluding hydrogens is 351 g/mol. The van der Waals surface area contributed by atoms with Crippen LogP contribution in [0.4, 0.5) is 13.2 Å². The molecule has 1 heterocycles. The number of hydrogen-bond donors (Lipinski definition) is 0. The molecule has 1 aromatic carbocycles. The Kier molecular flexibility index (Phi) is 6.14. The van der Waals surface area contributed by atoms with Crippen LogP contribution in [0.5, 0.6) is 0 Å². The van der Waals surface area contributed by atoms with Crippen LogP contribution >= 0.6 is 0 Å². The fraction of sp³-hybridized carbons (Fsp3) is 0.353. The third-order valence-corrected chi connectivity index (χ3v) is 3.67. The molecule has 0 unspecified atom stereocenters. The Morgan fingerprint density at radius 2 is 1.92 bits per heavy atom. The Hall–Kier alpha value is -2.68. The number of carbonyl (C=O) groups excluding carboxylic acids is 1. The zero-order valence-corrected chi connectivity index (χ0v) is 14.3. The van der Waals surface area contributed by atoms with E-state index in [1.54, 1.807) is 0 Å². The Morgan fingerprint density at radius 1 is 1.23 bits per heavy atom. The number of alkyl halides is 3. The number of halogens is 3. The average molecular weight is 369 g/mol. The predicted octanol–water partition coefficient (Wildman–Crippen LogP) is 2.18. The van der Waals surface area contributed by atoms with E-state index in [1.165, 1.54) is 44.5 Å². The highest BCUT2D eigenvalue weighted by molar-refractivity contribution is 5.91. The molecule has 0 fully saturated rings. The standard InChI is InChI=1S/C17H18F3N3O3/c1-22(11-12-5-3-4-6-13(12)17(18,19)20)16(25)14-7-8-15(24)23(21-14)9-10-26-2/h3-8H,9-11H2,1-2H3. The van der Waals surface area contributed by atoms with Crippen molar-refractivity contribution in [3.8, 4) is 0 Å². The highest BCUT2D eigenvalue weighted by atomic mass is 19.4. The summed E-state index contributed by atoms with van der Waals surface area (Å²) in [4.78, 5) is 25.3. The third-order valence-electron chi connectivity index (χ3n) is 3.67. The minimum atomic E-state index is -4.51. The van der Waals surface area contributed by atoms with Gasteiger partial charge in [-0.05, 0) is 17.7 Å². The lowest BCUT2D eigenvalue weighted by molar-refractivity contribution is -0.138. The molecule has 0 N–H and O–H groups in total. The number of methoxy groups -OCH3 is 1. The van der Waals surface area contributed by atoms with Gasteiger partial charge in [-0.25, -0.2) is 4.68 Å². The van der Waals surface area contributed by atoms with Gasteiger partial charge in [0, 0.05) is 26.8 Å². The molecule has 140 valence electrons. The van der Waals surface area contributed by atoms with Gasteiger partial charge in [-0.15, -0.1) is 0 Å². The first kappa shape index (κ1) is 19.6. The first-order chi connectivity index (χ1) is 12.2. The fourth-order valence-corrected chi connectivity index (χ4v) is 2.36. The average Bonchev–Trinajstić information content (AvgIpc) is 2.60. The molecular formula is C17H18F3N3O3. The number of benzene rings is 1. The molecule has 6 nitrogen and oxygen atoms in total. The monoisotopic (exact) mass is 369 g/mol. The van der Waals surface area contributed by atoms with Gasteiger partial charge in [0.2, 0.25) is 0 Å². The molecule has 0 atom stereocenters. The molecule has 0 spiro atoms. The number of hydrogen-bond acceptors (Lipinski definition) is 4. The Labute approximate surface area is 147 Å². The molecule has 26 heavy (non-hydrogen) atoms. The molecule has 1 amide bonds. The van der Waals surface area contributed by atoms with Gasteiger partial charge >= 0.3 is 6.18 Å². The second-order valence-corrected chi connectivity index (χ2v) is 5.59. The normalized spacial score (nSPS) is 11.4. The van der Waals surface area contributed by atoms with Crippen molar-refractivity contribution in [2.75, 3.05) is 20.8 Å². The maximum atomic E-state index is 13.1. The van der Waals surface area contributed by atoms with Crippen LogP contribution in [0.1, 0.15) is 21.6 Å². The van der Waals surface area contributed by atoms with Crippen LogP contribution in [0, 0.1) is 0 Å². The van der Waals surface area contributed by atoms with Crippen molar-refractivity contribution in [1.29, 1.82) is 0 Å². The maximum absolute atomic E-state index is 13.1. The molecule has 2 aromatic rings. The Bertz CT molecular complexity index is 834. The zero-order chi connectivity index (χ0) is 19.3. The van der Waals surface area contributed by atoms with E-state index in [9.17, 15) is 22.8 Å². The van der Waals surface area contributed by atoms with Crippen LogP contribution in [0.15, 0.2) is 41.2 Å². The lowest BCUT2D eigenvalue weighted by Gasteiger charge is -2.20. The summed E-state index contributed by atoms with van der Waals surface area (Å²) in [6.45, 7) is 0.157. The number of ether oxygens (including phenoxy) is 1. The molecule has 0 saturated heterocycles. The van der Waals surface area contributed by atoms with Crippen molar-refractivity contribution in [1.82, 2.24) is 14.7 Å². The van der Waals surface area contributed by atoms with Crippen LogP contribution in [0.2, 0.25) is 0 Å². The van der Waals surface area contributed by atoms with E-state index in [1.807, 2.05) is 0 Å². The van der Waals surface area contributed by atoms with Gasteiger partial charge in [-0.3, -0.25) is 9.59 Å². The van der Waals surface area contributed by atoms with Crippen molar-refractivity contribution in [3.63, 3.8) is 0 Å². The van der Waals surface area contributed by atoms with Gasteiger partial charge in [0.25, 0.3) is 11.5 Å². The number of rotatable bonds is 6. The lowest BCUT2D eigenvalue weighted by Crippen LogP contribution is -2.32. The van der Waals surface area contributed by atoms with Gasteiger partial charge in [0.15, 0.2) is 0 Å². The quantitative estimate of drug-likeness (QED) is 0.783. The van der Waals surface area contributed by atoms with Gasteiger partial charge in [-0.1, -0.05) is 18.2 Å². The summed E-state index contributed by atoms with van der Waals surface area (Å²) in [5, 5.41) is 3.95. The summed E-state index contributed by atoms with van der Waals surface area (Å²) in [6, 6.07) is 7.50. The molecule has 0 aliphatic rings. The van der Waals surface area contributed by atoms with E-state index in [-0.39, 0.29) is 31.0 Å². The van der Waals surface area contributed by atoms with E-state index in [4.69, 9.17) is 4.74 Å². The summed E-state index contributed by atoms with van der Waals surface area (Å²) in [7, 11) is 2.84. The number of nitrogens with zero attached hydrogens (tertiary/aromatic N) is 3. The summed E-state index contributed by atoms with van der Waals surface area (Å²) in [5.74, 6) is -0.590. The van der Waals surface area contributed by atoms with Crippen molar-refractivity contribution < 1.29 is 22.7 Å². The second kappa shape index (κ2) is 8.13. The lowest BCUT2D eigenvalue weighted by atomic mass is 10.1. The molecule has 1 aromatic heterocycles.